The fourth-order valence-corrected chi connectivity index (χ4v) is 2.84. The molecular formula is C15H26N4. The van der Waals surface area contributed by atoms with E-state index in [1.54, 1.807) is 0 Å². The third kappa shape index (κ3) is 4.08. The minimum Gasteiger partial charge on any atom is -0.370 e. The molecular weight excluding hydrogens is 236 g/mol. The van der Waals surface area contributed by atoms with Gasteiger partial charge in [0.15, 0.2) is 0 Å². The molecule has 2 rings (SSSR count). The van der Waals surface area contributed by atoms with Crippen molar-refractivity contribution in [3.05, 3.63) is 11.9 Å². The van der Waals surface area contributed by atoms with Gasteiger partial charge in [0.2, 0.25) is 0 Å². The Morgan fingerprint density at radius 1 is 1.11 bits per heavy atom. The molecule has 0 unspecified atom stereocenters. The van der Waals surface area contributed by atoms with E-state index in [1.807, 2.05) is 13.0 Å². The first-order chi connectivity index (χ1) is 9.21. The molecule has 4 heteroatoms. The SMILES string of the molecule is CCNc1cc(NC2CCC(CC)CC2)nc(C)n1. The molecule has 0 spiro atoms. The fourth-order valence-electron chi connectivity index (χ4n) is 2.84. The zero-order valence-corrected chi connectivity index (χ0v) is 12.4. The standard InChI is InChI=1S/C15H26N4/c1-4-12-6-8-13(9-7-12)19-15-10-14(16-5-2)17-11(3)18-15/h10,12-13H,4-9H2,1-3H3,(H2,16,17,18,19). The van der Waals surface area contributed by atoms with Crippen LogP contribution in [-0.2, 0) is 0 Å². The van der Waals surface area contributed by atoms with Crippen molar-refractivity contribution in [2.45, 2.75) is 58.9 Å². The van der Waals surface area contributed by atoms with Crippen LogP contribution in [0.2, 0.25) is 0 Å². The first-order valence-corrected chi connectivity index (χ1v) is 7.57. The fraction of sp³-hybridized carbons (Fsp3) is 0.733. The first kappa shape index (κ1) is 14.1. The van der Waals surface area contributed by atoms with Crippen LogP contribution in [0.4, 0.5) is 11.6 Å². The molecule has 0 bridgehead atoms. The molecule has 0 aromatic carbocycles. The Morgan fingerprint density at radius 2 is 1.79 bits per heavy atom. The minimum absolute atomic E-state index is 0.576. The zero-order chi connectivity index (χ0) is 13.7. The van der Waals surface area contributed by atoms with Crippen LogP contribution in [0, 0.1) is 12.8 Å². The van der Waals surface area contributed by atoms with Crippen molar-refractivity contribution in [3.8, 4) is 0 Å². The molecule has 0 radical (unpaired) electrons. The molecule has 1 aliphatic rings. The van der Waals surface area contributed by atoms with Crippen molar-refractivity contribution in [3.63, 3.8) is 0 Å². The van der Waals surface area contributed by atoms with Gasteiger partial charge in [0.1, 0.15) is 17.5 Å². The summed E-state index contributed by atoms with van der Waals surface area (Å²) >= 11 is 0. The highest BCUT2D eigenvalue weighted by atomic mass is 15.1. The van der Waals surface area contributed by atoms with Crippen molar-refractivity contribution in [1.82, 2.24) is 9.97 Å². The lowest BCUT2D eigenvalue weighted by Crippen LogP contribution is -2.26. The highest BCUT2D eigenvalue weighted by Gasteiger charge is 2.20. The highest BCUT2D eigenvalue weighted by Crippen LogP contribution is 2.28. The van der Waals surface area contributed by atoms with E-state index in [0.717, 1.165) is 29.9 Å². The van der Waals surface area contributed by atoms with Gasteiger partial charge in [-0.15, -0.1) is 0 Å². The van der Waals surface area contributed by atoms with Crippen LogP contribution in [0.1, 0.15) is 51.8 Å². The number of nitrogens with one attached hydrogen (secondary N) is 2. The number of rotatable bonds is 5. The highest BCUT2D eigenvalue weighted by molar-refractivity contribution is 5.48. The average Bonchev–Trinajstić information content (AvgIpc) is 2.39. The molecule has 0 amide bonds. The molecule has 0 atom stereocenters. The Balaban J connectivity index is 1.95. The van der Waals surface area contributed by atoms with Gasteiger partial charge in [-0.05, 0) is 45.4 Å². The first-order valence-electron chi connectivity index (χ1n) is 7.57. The van der Waals surface area contributed by atoms with Crippen LogP contribution in [0.5, 0.6) is 0 Å². The Hall–Kier alpha value is -1.32. The topological polar surface area (TPSA) is 49.8 Å². The van der Waals surface area contributed by atoms with Crippen LogP contribution in [-0.4, -0.2) is 22.6 Å². The second-order valence-corrected chi connectivity index (χ2v) is 5.49. The van der Waals surface area contributed by atoms with Crippen molar-refractivity contribution in [1.29, 1.82) is 0 Å². The smallest absolute Gasteiger partial charge is 0.132 e. The number of hydrogen-bond acceptors (Lipinski definition) is 4. The van der Waals surface area contributed by atoms with Crippen molar-refractivity contribution < 1.29 is 0 Å². The van der Waals surface area contributed by atoms with Crippen LogP contribution in [0.3, 0.4) is 0 Å². The maximum atomic E-state index is 4.49. The molecule has 1 aliphatic carbocycles. The number of aryl methyl sites for hydroxylation is 1. The molecule has 0 saturated heterocycles. The summed E-state index contributed by atoms with van der Waals surface area (Å²) in [5.74, 6) is 3.63. The molecule has 4 nitrogen and oxygen atoms in total. The zero-order valence-electron chi connectivity index (χ0n) is 12.4. The van der Waals surface area contributed by atoms with Crippen molar-refractivity contribution in [2.24, 2.45) is 5.92 Å². The maximum absolute atomic E-state index is 4.49. The van der Waals surface area contributed by atoms with E-state index in [2.05, 4.69) is 34.4 Å². The summed E-state index contributed by atoms with van der Waals surface area (Å²) in [6, 6.07) is 2.59. The Labute approximate surface area is 116 Å². The van der Waals surface area contributed by atoms with E-state index in [-0.39, 0.29) is 0 Å². The summed E-state index contributed by atoms with van der Waals surface area (Å²) in [5.41, 5.74) is 0. The molecule has 1 aromatic rings. The van der Waals surface area contributed by atoms with Gasteiger partial charge in [-0.1, -0.05) is 13.3 Å². The summed E-state index contributed by atoms with van der Waals surface area (Å²) < 4.78 is 0. The van der Waals surface area contributed by atoms with Gasteiger partial charge >= 0.3 is 0 Å². The van der Waals surface area contributed by atoms with Gasteiger partial charge in [-0.25, -0.2) is 9.97 Å². The lowest BCUT2D eigenvalue weighted by molar-refractivity contribution is 0.330. The lowest BCUT2D eigenvalue weighted by Gasteiger charge is -2.28. The number of nitrogens with zero attached hydrogens (tertiary/aromatic N) is 2. The second-order valence-electron chi connectivity index (χ2n) is 5.49. The normalized spacial score (nSPS) is 23.1. The Bertz CT molecular complexity index is 397. The number of aromatic nitrogens is 2. The Kier molecular flexibility index (Phi) is 5.00. The second kappa shape index (κ2) is 6.73. The van der Waals surface area contributed by atoms with E-state index in [0.29, 0.717) is 6.04 Å². The van der Waals surface area contributed by atoms with E-state index in [9.17, 15) is 0 Å². The maximum Gasteiger partial charge on any atom is 0.132 e. The predicted molar refractivity (Wildman–Crippen MR) is 80.6 cm³/mol. The van der Waals surface area contributed by atoms with Crippen LogP contribution in [0.15, 0.2) is 6.07 Å². The van der Waals surface area contributed by atoms with E-state index in [1.165, 1.54) is 32.1 Å². The van der Waals surface area contributed by atoms with Gasteiger partial charge in [0, 0.05) is 18.7 Å². The molecule has 1 aromatic heterocycles. The predicted octanol–water partition coefficient (Wildman–Crippen LogP) is 3.60. The number of anilines is 2. The minimum atomic E-state index is 0.576. The van der Waals surface area contributed by atoms with Gasteiger partial charge in [0.25, 0.3) is 0 Å². The third-order valence-electron chi connectivity index (χ3n) is 3.97. The van der Waals surface area contributed by atoms with Gasteiger partial charge < -0.3 is 10.6 Å². The largest absolute Gasteiger partial charge is 0.370 e. The average molecular weight is 262 g/mol. The summed E-state index contributed by atoms with van der Waals surface area (Å²) in [4.78, 5) is 8.87. The van der Waals surface area contributed by atoms with Crippen LogP contribution < -0.4 is 10.6 Å². The van der Waals surface area contributed by atoms with Crippen LogP contribution in [0.25, 0.3) is 0 Å². The van der Waals surface area contributed by atoms with Gasteiger partial charge in [-0.2, -0.15) is 0 Å². The summed E-state index contributed by atoms with van der Waals surface area (Å²) in [6.07, 6.45) is 6.54. The summed E-state index contributed by atoms with van der Waals surface area (Å²) in [6.45, 7) is 7.21. The Morgan fingerprint density at radius 3 is 2.42 bits per heavy atom. The third-order valence-corrected chi connectivity index (χ3v) is 3.97. The van der Waals surface area contributed by atoms with Gasteiger partial charge in [-0.3, -0.25) is 0 Å². The molecule has 1 heterocycles. The van der Waals surface area contributed by atoms with E-state index in [4.69, 9.17) is 0 Å². The molecule has 2 N–H and O–H groups in total. The molecule has 1 fully saturated rings. The molecule has 0 aliphatic heterocycles. The monoisotopic (exact) mass is 262 g/mol. The molecule has 106 valence electrons. The van der Waals surface area contributed by atoms with Crippen molar-refractivity contribution >= 4 is 11.6 Å². The van der Waals surface area contributed by atoms with E-state index < -0.39 is 0 Å². The van der Waals surface area contributed by atoms with Gasteiger partial charge in [0.05, 0.1) is 0 Å². The van der Waals surface area contributed by atoms with Crippen LogP contribution >= 0.6 is 0 Å². The number of hydrogen-bond donors (Lipinski definition) is 2. The quantitative estimate of drug-likeness (QED) is 0.851. The summed E-state index contributed by atoms with van der Waals surface area (Å²) in [5, 5.41) is 6.83. The molecule has 19 heavy (non-hydrogen) atoms. The lowest BCUT2D eigenvalue weighted by atomic mass is 9.84. The van der Waals surface area contributed by atoms with E-state index >= 15 is 0 Å². The van der Waals surface area contributed by atoms with Crippen molar-refractivity contribution in [2.75, 3.05) is 17.2 Å². The summed E-state index contributed by atoms with van der Waals surface area (Å²) in [7, 11) is 0. The molecule has 1 saturated carbocycles.